The van der Waals surface area contributed by atoms with Crippen LogP contribution in [0, 0.1) is 0 Å². The van der Waals surface area contributed by atoms with Gasteiger partial charge >= 0.3 is 0 Å². The SMILES string of the molecule is O=S(=O)(c1c(Cl)cc(Br)cc1Cl)N1CCCOCC1. The lowest BCUT2D eigenvalue weighted by molar-refractivity contribution is 0.148. The molecule has 4 nitrogen and oxygen atoms in total. The molecule has 0 aromatic heterocycles. The molecule has 0 saturated carbocycles. The number of hydrogen-bond acceptors (Lipinski definition) is 3. The van der Waals surface area contributed by atoms with Crippen LogP contribution in [0.25, 0.3) is 0 Å². The molecular weight excluding hydrogens is 377 g/mol. The number of benzene rings is 1. The molecular formula is C11H12BrCl2NO3S. The Bertz CT molecular complexity index is 548. The zero-order chi connectivity index (χ0) is 14.0. The number of hydrogen-bond donors (Lipinski definition) is 0. The van der Waals surface area contributed by atoms with E-state index in [9.17, 15) is 8.42 Å². The van der Waals surface area contributed by atoms with Crippen molar-refractivity contribution in [3.05, 3.63) is 26.7 Å². The maximum absolute atomic E-state index is 12.6. The predicted octanol–water partition coefficient (Wildman–Crippen LogP) is 3.17. The van der Waals surface area contributed by atoms with E-state index < -0.39 is 10.0 Å². The summed E-state index contributed by atoms with van der Waals surface area (Å²) < 4.78 is 32.4. The summed E-state index contributed by atoms with van der Waals surface area (Å²) in [6.07, 6.45) is 0.658. The van der Waals surface area contributed by atoms with E-state index in [1.807, 2.05) is 0 Å². The third-order valence-corrected chi connectivity index (χ3v) is 6.02. The van der Waals surface area contributed by atoms with Crippen molar-refractivity contribution in [2.45, 2.75) is 11.3 Å². The Morgan fingerprint density at radius 2 is 1.79 bits per heavy atom. The van der Waals surface area contributed by atoms with Crippen LogP contribution in [0.3, 0.4) is 0 Å². The lowest BCUT2D eigenvalue weighted by Gasteiger charge is -2.20. The van der Waals surface area contributed by atoms with E-state index in [1.165, 1.54) is 16.4 Å². The lowest BCUT2D eigenvalue weighted by Crippen LogP contribution is -2.33. The summed E-state index contributed by atoms with van der Waals surface area (Å²) >= 11 is 15.3. The summed E-state index contributed by atoms with van der Waals surface area (Å²) in [5.41, 5.74) is 0. The monoisotopic (exact) mass is 387 g/mol. The van der Waals surface area contributed by atoms with Gasteiger partial charge in [-0.25, -0.2) is 8.42 Å². The van der Waals surface area contributed by atoms with Crippen LogP contribution >= 0.6 is 39.1 Å². The van der Waals surface area contributed by atoms with E-state index >= 15 is 0 Å². The number of sulfonamides is 1. The average Bonchev–Trinajstić information content (AvgIpc) is 2.55. The van der Waals surface area contributed by atoms with Crippen molar-refractivity contribution in [2.24, 2.45) is 0 Å². The molecule has 1 aliphatic heterocycles. The van der Waals surface area contributed by atoms with Crippen molar-refractivity contribution in [2.75, 3.05) is 26.3 Å². The van der Waals surface area contributed by atoms with Crippen LogP contribution in [0.4, 0.5) is 0 Å². The van der Waals surface area contributed by atoms with Gasteiger partial charge < -0.3 is 4.74 Å². The van der Waals surface area contributed by atoms with Crippen LogP contribution in [-0.4, -0.2) is 39.0 Å². The first-order valence-corrected chi connectivity index (χ1v) is 8.64. The van der Waals surface area contributed by atoms with Gasteiger partial charge in [0.2, 0.25) is 10.0 Å². The van der Waals surface area contributed by atoms with Crippen molar-refractivity contribution in [3.8, 4) is 0 Å². The second-order valence-corrected chi connectivity index (χ2v) is 7.67. The standard InChI is InChI=1S/C11H12BrCl2NO3S/c12-8-6-9(13)11(10(14)7-8)19(16,17)15-2-1-4-18-5-3-15/h6-7H,1-5H2. The van der Waals surface area contributed by atoms with E-state index in [0.717, 1.165) is 0 Å². The van der Waals surface area contributed by atoms with E-state index in [1.54, 1.807) is 0 Å². The van der Waals surface area contributed by atoms with Gasteiger partial charge in [-0.2, -0.15) is 4.31 Å². The smallest absolute Gasteiger partial charge is 0.246 e. The highest BCUT2D eigenvalue weighted by atomic mass is 79.9. The van der Waals surface area contributed by atoms with Crippen molar-refractivity contribution in [1.29, 1.82) is 0 Å². The summed E-state index contributed by atoms with van der Waals surface area (Å²) in [6, 6.07) is 3.04. The molecule has 1 saturated heterocycles. The zero-order valence-corrected chi connectivity index (χ0v) is 13.8. The zero-order valence-electron chi connectivity index (χ0n) is 9.90. The fraction of sp³-hybridized carbons (Fsp3) is 0.455. The Morgan fingerprint density at radius 3 is 2.42 bits per heavy atom. The largest absolute Gasteiger partial charge is 0.380 e. The van der Waals surface area contributed by atoms with Crippen LogP contribution < -0.4 is 0 Å². The Morgan fingerprint density at radius 1 is 1.16 bits per heavy atom. The molecule has 1 fully saturated rings. The summed E-state index contributed by atoms with van der Waals surface area (Å²) in [5.74, 6) is 0. The molecule has 0 spiro atoms. The van der Waals surface area contributed by atoms with Crippen molar-refractivity contribution >= 4 is 49.2 Å². The third-order valence-electron chi connectivity index (χ3n) is 2.74. The van der Waals surface area contributed by atoms with Crippen molar-refractivity contribution < 1.29 is 13.2 Å². The Labute approximate surface area is 130 Å². The molecule has 0 aliphatic carbocycles. The Kier molecular flexibility index (Phi) is 5.14. The minimum atomic E-state index is -3.69. The van der Waals surface area contributed by atoms with E-state index in [4.69, 9.17) is 27.9 Å². The highest BCUT2D eigenvalue weighted by molar-refractivity contribution is 9.10. The topological polar surface area (TPSA) is 46.6 Å². The molecule has 8 heteroatoms. The third kappa shape index (κ3) is 3.43. The maximum atomic E-state index is 12.6. The van der Waals surface area contributed by atoms with Gasteiger partial charge in [0.25, 0.3) is 0 Å². The summed E-state index contributed by atoms with van der Waals surface area (Å²) in [7, 11) is -3.69. The van der Waals surface area contributed by atoms with Crippen molar-refractivity contribution in [1.82, 2.24) is 4.31 Å². The molecule has 1 aliphatic rings. The van der Waals surface area contributed by atoms with Crippen LogP contribution in [0.1, 0.15) is 6.42 Å². The molecule has 1 aromatic carbocycles. The van der Waals surface area contributed by atoms with Crippen molar-refractivity contribution in [3.63, 3.8) is 0 Å². The van der Waals surface area contributed by atoms with Gasteiger partial charge in [-0.1, -0.05) is 39.1 Å². The molecule has 0 bridgehead atoms. The van der Waals surface area contributed by atoms with E-state index in [2.05, 4.69) is 15.9 Å². The Balaban J connectivity index is 2.44. The highest BCUT2D eigenvalue weighted by Gasteiger charge is 2.30. The average molecular weight is 389 g/mol. The molecule has 0 N–H and O–H groups in total. The number of ether oxygens (including phenoxy) is 1. The minimum Gasteiger partial charge on any atom is -0.380 e. The lowest BCUT2D eigenvalue weighted by atomic mass is 10.4. The molecule has 0 amide bonds. The second kappa shape index (κ2) is 6.28. The van der Waals surface area contributed by atoms with Gasteiger partial charge in [0.05, 0.1) is 16.7 Å². The fourth-order valence-electron chi connectivity index (χ4n) is 1.87. The van der Waals surface area contributed by atoms with Crippen LogP contribution in [0.5, 0.6) is 0 Å². The quantitative estimate of drug-likeness (QED) is 0.781. The van der Waals surface area contributed by atoms with Crippen LogP contribution in [0.2, 0.25) is 10.0 Å². The predicted molar refractivity (Wildman–Crippen MR) is 78.4 cm³/mol. The normalized spacial score (nSPS) is 18.3. The molecule has 19 heavy (non-hydrogen) atoms. The summed E-state index contributed by atoms with van der Waals surface area (Å²) in [5, 5.41) is 0.231. The molecule has 0 unspecified atom stereocenters. The molecule has 2 rings (SSSR count). The maximum Gasteiger partial charge on any atom is 0.246 e. The van der Waals surface area contributed by atoms with Gasteiger partial charge in [-0.3, -0.25) is 0 Å². The van der Waals surface area contributed by atoms with E-state index in [0.29, 0.717) is 37.2 Å². The van der Waals surface area contributed by atoms with E-state index in [-0.39, 0.29) is 14.9 Å². The first-order chi connectivity index (χ1) is 8.93. The highest BCUT2D eigenvalue weighted by Crippen LogP contribution is 2.34. The van der Waals surface area contributed by atoms with Crippen LogP contribution in [0.15, 0.2) is 21.5 Å². The molecule has 1 aromatic rings. The molecule has 0 atom stereocenters. The summed E-state index contributed by atoms with van der Waals surface area (Å²) in [4.78, 5) is -0.0408. The van der Waals surface area contributed by atoms with Gasteiger partial charge in [0.15, 0.2) is 0 Å². The first-order valence-electron chi connectivity index (χ1n) is 5.65. The number of halogens is 3. The molecule has 1 heterocycles. The minimum absolute atomic E-state index is 0.0408. The van der Waals surface area contributed by atoms with Gasteiger partial charge in [0, 0.05) is 24.2 Å². The molecule has 0 radical (unpaired) electrons. The first kappa shape index (κ1) is 15.5. The van der Waals surface area contributed by atoms with Crippen LogP contribution in [-0.2, 0) is 14.8 Å². The number of nitrogens with zero attached hydrogens (tertiary/aromatic N) is 1. The number of rotatable bonds is 2. The molecule has 106 valence electrons. The van der Waals surface area contributed by atoms with Gasteiger partial charge in [0.1, 0.15) is 4.90 Å². The summed E-state index contributed by atoms with van der Waals surface area (Å²) in [6.45, 7) is 1.66. The van der Waals surface area contributed by atoms with Gasteiger partial charge in [-0.05, 0) is 18.6 Å². The Hall–Kier alpha value is 0.150. The second-order valence-electron chi connectivity index (χ2n) is 4.07. The fourth-order valence-corrected chi connectivity index (χ4v) is 5.21. The van der Waals surface area contributed by atoms with Gasteiger partial charge in [-0.15, -0.1) is 0 Å².